The van der Waals surface area contributed by atoms with Gasteiger partial charge in [-0.2, -0.15) is 0 Å². The number of rotatable bonds is 6. The largest absolute Gasteiger partial charge is 0.495 e. The number of aromatic nitrogens is 2. The van der Waals surface area contributed by atoms with Crippen LogP contribution in [0.3, 0.4) is 0 Å². The molecule has 0 aliphatic carbocycles. The molecule has 2 aromatic rings. The Kier molecular flexibility index (Phi) is 4.74. The van der Waals surface area contributed by atoms with E-state index >= 15 is 0 Å². The minimum Gasteiger partial charge on any atom is -0.495 e. The first-order chi connectivity index (χ1) is 9.65. The van der Waals surface area contributed by atoms with Crippen LogP contribution in [0.5, 0.6) is 11.5 Å². The van der Waals surface area contributed by atoms with Gasteiger partial charge in [-0.15, -0.1) is 0 Å². The molecule has 5 nitrogen and oxygen atoms in total. The van der Waals surface area contributed by atoms with E-state index in [9.17, 15) is 0 Å². The van der Waals surface area contributed by atoms with E-state index in [-0.39, 0.29) is 0 Å². The lowest BCUT2D eigenvalue weighted by Crippen LogP contribution is -2.09. The minimum absolute atomic E-state index is 0.527. The number of hydrogen-bond donors (Lipinski definition) is 1. The van der Waals surface area contributed by atoms with Crippen LogP contribution in [0.25, 0.3) is 0 Å². The molecule has 0 radical (unpaired) electrons. The zero-order valence-electron chi connectivity index (χ0n) is 11.8. The van der Waals surface area contributed by atoms with Crippen molar-refractivity contribution in [2.24, 2.45) is 7.05 Å². The van der Waals surface area contributed by atoms with Gasteiger partial charge in [-0.05, 0) is 0 Å². The Hall–Kier alpha value is -1.88. The first-order valence-electron chi connectivity index (χ1n) is 6.27. The molecule has 1 heterocycles. The lowest BCUT2D eigenvalue weighted by Gasteiger charge is -2.13. The average molecular weight is 296 g/mol. The highest BCUT2D eigenvalue weighted by Crippen LogP contribution is 2.35. The first kappa shape index (κ1) is 14.5. The van der Waals surface area contributed by atoms with Gasteiger partial charge in [-0.1, -0.05) is 11.6 Å². The van der Waals surface area contributed by atoms with Crippen LogP contribution < -0.4 is 14.8 Å². The molecule has 20 heavy (non-hydrogen) atoms. The molecule has 2 rings (SSSR count). The van der Waals surface area contributed by atoms with Gasteiger partial charge >= 0.3 is 0 Å². The Morgan fingerprint density at radius 3 is 2.60 bits per heavy atom. The third-order valence-electron chi connectivity index (χ3n) is 3.06. The first-order valence-corrected chi connectivity index (χ1v) is 6.65. The van der Waals surface area contributed by atoms with E-state index in [4.69, 9.17) is 21.1 Å². The molecule has 108 valence electrons. The van der Waals surface area contributed by atoms with Crippen molar-refractivity contribution in [2.75, 3.05) is 26.1 Å². The molecular formula is C14H18ClN3O2. The lowest BCUT2D eigenvalue weighted by molar-refractivity contribution is 0.404. The maximum atomic E-state index is 6.07. The van der Waals surface area contributed by atoms with Crippen LogP contribution >= 0.6 is 11.6 Å². The van der Waals surface area contributed by atoms with Crippen LogP contribution in [0.15, 0.2) is 24.5 Å². The number of imidazole rings is 1. The van der Waals surface area contributed by atoms with Crippen LogP contribution in [0, 0.1) is 0 Å². The zero-order valence-corrected chi connectivity index (χ0v) is 12.6. The Morgan fingerprint density at radius 2 is 2.00 bits per heavy atom. The van der Waals surface area contributed by atoms with Crippen molar-refractivity contribution in [2.45, 2.75) is 6.42 Å². The smallest absolute Gasteiger partial charge is 0.143 e. The van der Waals surface area contributed by atoms with Crippen LogP contribution in [0.2, 0.25) is 5.02 Å². The second-order valence-corrected chi connectivity index (χ2v) is 4.73. The van der Waals surface area contributed by atoms with Gasteiger partial charge in [-0.25, -0.2) is 4.98 Å². The highest BCUT2D eigenvalue weighted by molar-refractivity contribution is 6.32. The third-order valence-corrected chi connectivity index (χ3v) is 3.35. The van der Waals surface area contributed by atoms with Crippen molar-refractivity contribution in [3.05, 3.63) is 35.4 Å². The average Bonchev–Trinajstić information content (AvgIpc) is 2.85. The van der Waals surface area contributed by atoms with Gasteiger partial charge in [-0.3, -0.25) is 0 Å². The van der Waals surface area contributed by atoms with Crippen molar-refractivity contribution >= 4 is 17.3 Å². The molecule has 0 aliphatic heterocycles. The molecule has 6 heteroatoms. The second-order valence-electron chi connectivity index (χ2n) is 4.32. The Labute approximate surface area is 123 Å². The summed E-state index contributed by atoms with van der Waals surface area (Å²) in [4.78, 5) is 4.28. The maximum Gasteiger partial charge on any atom is 0.143 e. The van der Waals surface area contributed by atoms with Crippen LogP contribution in [-0.2, 0) is 13.5 Å². The van der Waals surface area contributed by atoms with Gasteiger partial charge in [0.2, 0.25) is 0 Å². The summed E-state index contributed by atoms with van der Waals surface area (Å²) < 4.78 is 12.5. The van der Waals surface area contributed by atoms with Crippen molar-refractivity contribution in [1.82, 2.24) is 9.55 Å². The topological polar surface area (TPSA) is 48.3 Å². The number of hydrogen-bond acceptors (Lipinski definition) is 4. The van der Waals surface area contributed by atoms with Gasteiger partial charge in [0, 0.05) is 44.5 Å². The predicted octanol–water partition coefficient (Wildman–Crippen LogP) is 2.75. The SMILES string of the molecule is COc1cc(NCCc2nccn2C)c(OC)cc1Cl. The van der Waals surface area contributed by atoms with E-state index in [1.165, 1.54) is 0 Å². The summed E-state index contributed by atoms with van der Waals surface area (Å²) in [6.45, 7) is 0.742. The highest BCUT2D eigenvalue weighted by atomic mass is 35.5. The van der Waals surface area contributed by atoms with E-state index in [0.717, 1.165) is 24.5 Å². The van der Waals surface area contributed by atoms with Gasteiger partial charge in [0.25, 0.3) is 0 Å². The van der Waals surface area contributed by atoms with E-state index in [2.05, 4.69) is 10.3 Å². The number of ether oxygens (including phenoxy) is 2. The lowest BCUT2D eigenvalue weighted by atomic mass is 10.2. The maximum absolute atomic E-state index is 6.07. The van der Waals surface area contributed by atoms with Gasteiger partial charge in [0.05, 0.1) is 24.9 Å². The number of anilines is 1. The fourth-order valence-electron chi connectivity index (χ4n) is 1.94. The highest BCUT2D eigenvalue weighted by Gasteiger charge is 2.09. The molecule has 0 amide bonds. The summed E-state index contributed by atoms with van der Waals surface area (Å²) >= 11 is 6.07. The number of methoxy groups -OCH3 is 2. The molecule has 0 atom stereocenters. The standard InChI is InChI=1S/C14H18ClN3O2/c1-18-7-6-17-14(18)4-5-16-11-9-12(19-2)10(15)8-13(11)20-3/h6-9,16H,4-5H2,1-3H3. The summed E-state index contributed by atoms with van der Waals surface area (Å²) in [5.41, 5.74) is 0.850. The van der Waals surface area contributed by atoms with E-state index < -0.39 is 0 Å². The molecule has 0 fully saturated rings. The number of nitrogens with one attached hydrogen (secondary N) is 1. The van der Waals surface area contributed by atoms with Gasteiger partial charge in [0.15, 0.2) is 0 Å². The van der Waals surface area contributed by atoms with E-state index in [0.29, 0.717) is 16.5 Å². The quantitative estimate of drug-likeness (QED) is 0.890. The summed E-state index contributed by atoms with van der Waals surface area (Å²) in [5.74, 6) is 2.33. The molecule has 1 aromatic carbocycles. The number of nitrogens with zero attached hydrogens (tertiary/aromatic N) is 2. The van der Waals surface area contributed by atoms with E-state index in [1.807, 2.05) is 23.9 Å². The summed E-state index contributed by atoms with van der Waals surface area (Å²) in [7, 11) is 5.18. The number of halogens is 1. The van der Waals surface area contributed by atoms with Crippen LogP contribution in [0.1, 0.15) is 5.82 Å². The van der Waals surface area contributed by atoms with Crippen molar-refractivity contribution in [3.8, 4) is 11.5 Å². The van der Waals surface area contributed by atoms with Crippen LogP contribution in [-0.4, -0.2) is 30.3 Å². The molecule has 0 aliphatic rings. The molecule has 0 saturated carbocycles. The van der Waals surface area contributed by atoms with E-state index in [1.54, 1.807) is 26.5 Å². The monoisotopic (exact) mass is 295 g/mol. The predicted molar refractivity (Wildman–Crippen MR) is 80.0 cm³/mol. The summed E-state index contributed by atoms with van der Waals surface area (Å²) in [6.07, 6.45) is 4.54. The zero-order chi connectivity index (χ0) is 14.5. The summed E-state index contributed by atoms with van der Waals surface area (Å²) in [5, 5.41) is 3.84. The Balaban J connectivity index is 2.06. The van der Waals surface area contributed by atoms with Crippen molar-refractivity contribution < 1.29 is 9.47 Å². The Morgan fingerprint density at radius 1 is 1.25 bits per heavy atom. The second kappa shape index (κ2) is 6.52. The molecule has 1 aromatic heterocycles. The van der Waals surface area contributed by atoms with Crippen LogP contribution in [0.4, 0.5) is 5.69 Å². The molecule has 1 N–H and O–H groups in total. The van der Waals surface area contributed by atoms with Gasteiger partial charge < -0.3 is 19.4 Å². The number of aryl methyl sites for hydroxylation is 1. The third kappa shape index (κ3) is 3.17. The Bertz CT molecular complexity index is 584. The normalized spacial score (nSPS) is 10.4. The summed E-state index contributed by atoms with van der Waals surface area (Å²) in [6, 6.07) is 3.57. The number of benzene rings is 1. The molecule has 0 bridgehead atoms. The molecule has 0 spiro atoms. The fourth-order valence-corrected chi connectivity index (χ4v) is 2.18. The van der Waals surface area contributed by atoms with Crippen molar-refractivity contribution in [3.63, 3.8) is 0 Å². The molecular weight excluding hydrogens is 278 g/mol. The van der Waals surface area contributed by atoms with Gasteiger partial charge in [0.1, 0.15) is 17.3 Å². The minimum atomic E-state index is 0.527. The van der Waals surface area contributed by atoms with Crippen molar-refractivity contribution in [1.29, 1.82) is 0 Å². The molecule has 0 unspecified atom stereocenters. The molecule has 0 saturated heterocycles. The fraction of sp³-hybridized carbons (Fsp3) is 0.357.